The summed E-state index contributed by atoms with van der Waals surface area (Å²) < 4.78 is 0. The fraction of sp³-hybridized carbons (Fsp3) is 0.200. The molecule has 1 aromatic rings. The van der Waals surface area contributed by atoms with Gasteiger partial charge < -0.3 is 4.79 Å². The Morgan fingerprint density at radius 3 is 2.85 bits per heavy atom. The third-order valence-electron chi connectivity index (χ3n) is 1.49. The summed E-state index contributed by atoms with van der Waals surface area (Å²) in [6, 6.07) is 3.68. The van der Waals surface area contributed by atoms with Crippen LogP contribution in [-0.2, 0) is 4.79 Å². The van der Waals surface area contributed by atoms with Gasteiger partial charge in [0.15, 0.2) is 5.78 Å². The van der Waals surface area contributed by atoms with Crippen LogP contribution in [0.4, 0.5) is 0 Å². The lowest BCUT2D eigenvalue weighted by Crippen LogP contribution is -1.83. The van der Waals surface area contributed by atoms with E-state index in [1.165, 1.54) is 11.3 Å². The molecule has 0 spiro atoms. The van der Waals surface area contributed by atoms with E-state index in [1.54, 1.807) is 19.1 Å². The van der Waals surface area contributed by atoms with Crippen LogP contribution in [-0.4, -0.2) is 12.1 Å². The van der Waals surface area contributed by atoms with Gasteiger partial charge in [-0.3, -0.25) is 4.79 Å². The predicted octanol–water partition coefficient (Wildman–Crippen LogP) is 2.55. The Morgan fingerprint density at radius 2 is 2.31 bits per heavy atom. The molecular formula is C10H10O2S. The number of hydrogen-bond donors (Lipinski definition) is 0. The van der Waals surface area contributed by atoms with E-state index < -0.39 is 0 Å². The van der Waals surface area contributed by atoms with E-state index in [0.29, 0.717) is 6.42 Å². The van der Waals surface area contributed by atoms with Gasteiger partial charge in [0.2, 0.25) is 0 Å². The van der Waals surface area contributed by atoms with Crippen molar-refractivity contribution in [1.29, 1.82) is 0 Å². The highest BCUT2D eigenvalue weighted by Gasteiger charge is 2.00. The van der Waals surface area contributed by atoms with Gasteiger partial charge in [0, 0.05) is 11.3 Å². The lowest BCUT2D eigenvalue weighted by Gasteiger charge is -1.83. The highest BCUT2D eigenvalue weighted by molar-refractivity contribution is 7.14. The van der Waals surface area contributed by atoms with Crippen LogP contribution in [0.25, 0.3) is 6.08 Å². The fourth-order valence-electron chi connectivity index (χ4n) is 0.871. The Balaban J connectivity index is 2.69. The van der Waals surface area contributed by atoms with Crippen LogP contribution in [0.15, 0.2) is 18.2 Å². The summed E-state index contributed by atoms with van der Waals surface area (Å²) in [6.45, 7) is 1.55. The van der Waals surface area contributed by atoms with Gasteiger partial charge in [0.1, 0.15) is 6.29 Å². The lowest BCUT2D eigenvalue weighted by atomic mass is 10.3. The molecule has 0 N–H and O–H groups in total. The molecule has 1 rings (SSSR count). The van der Waals surface area contributed by atoms with E-state index in [4.69, 9.17) is 0 Å². The maximum absolute atomic E-state index is 10.9. The summed E-state index contributed by atoms with van der Waals surface area (Å²) in [4.78, 5) is 22.7. The molecule has 0 amide bonds. The summed E-state index contributed by atoms with van der Waals surface area (Å²) in [5, 5.41) is 0. The van der Waals surface area contributed by atoms with Crippen molar-refractivity contribution in [2.24, 2.45) is 0 Å². The molecule has 0 bridgehead atoms. The average Bonchev–Trinajstić information content (AvgIpc) is 2.53. The van der Waals surface area contributed by atoms with Gasteiger partial charge in [-0.15, -0.1) is 11.3 Å². The number of carbonyl (C=O) groups is 2. The number of carbonyl (C=O) groups excluding carboxylic acids is 2. The summed E-state index contributed by atoms with van der Waals surface area (Å²) in [7, 11) is 0. The Kier molecular flexibility index (Phi) is 3.58. The van der Waals surface area contributed by atoms with Crippen LogP contribution in [0, 0.1) is 0 Å². The van der Waals surface area contributed by atoms with Crippen molar-refractivity contribution in [2.45, 2.75) is 13.3 Å². The van der Waals surface area contributed by atoms with Gasteiger partial charge in [-0.25, -0.2) is 0 Å². The Bertz CT molecular complexity index is 336. The SMILES string of the molecule is CC(=O)c1ccc(C=CCC=O)s1. The molecule has 1 aromatic heterocycles. The second-order valence-corrected chi connectivity index (χ2v) is 3.68. The molecule has 13 heavy (non-hydrogen) atoms. The molecule has 0 radical (unpaired) electrons. The smallest absolute Gasteiger partial charge is 0.169 e. The maximum atomic E-state index is 10.9. The molecule has 0 fully saturated rings. The number of Topliss-reactive ketones (excluding diaryl/α,β-unsaturated/α-hetero) is 1. The molecule has 0 unspecified atom stereocenters. The topological polar surface area (TPSA) is 34.1 Å². The van der Waals surface area contributed by atoms with Gasteiger partial charge in [0.25, 0.3) is 0 Å². The van der Waals surface area contributed by atoms with Crippen LogP contribution < -0.4 is 0 Å². The van der Waals surface area contributed by atoms with Crippen molar-refractivity contribution in [3.05, 3.63) is 28.0 Å². The van der Waals surface area contributed by atoms with E-state index in [2.05, 4.69) is 0 Å². The molecule has 3 heteroatoms. The quantitative estimate of drug-likeness (QED) is 0.545. The maximum Gasteiger partial charge on any atom is 0.169 e. The van der Waals surface area contributed by atoms with Gasteiger partial charge in [-0.1, -0.05) is 6.08 Å². The molecule has 0 saturated carbocycles. The first kappa shape index (κ1) is 9.86. The first-order chi connectivity index (χ1) is 6.24. The van der Waals surface area contributed by atoms with Crippen LogP contribution in [0.1, 0.15) is 27.9 Å². The first-order valence-corrected chi connectivity index (χ1v) is 4.76. The molecule has 1 heterocycles. The highest BCUT2D eigenvalue weighted by Crippen LogP contribution is 2.18. The lowest BCUT2D eigenvalue weighted by molar-refractivity contribution is -0.107. The van der Waals surface area contributed by atoms with Crippen molar-refractivity contribution < 1.29 is 9.59 Å². The minimum atomic E-state index is 0.0834. The second-order valence-electron chi connectivity index (χ2n) is 2.56. The summed E-state index contributed by atoms with van der Waals surface area (Å²) in [6.07, 6.45) is 4.90. The fourth-order valence-corrected chi connectivity index (χ4v) is 1.71. The van der Waals surface area contributed by atoms with Crippen LogP contribution >= 0.6 is 11.3 Å². The summed E-state index contributed by atoms with van der Waals surface area (Å²) in [5.74, 6) is 0.0834. The highest BCUT2D eigenvalue weighted by atomic mass is 32.1. The van der Waals surface area contributed by atoms with Gasteiger partial charge in [0.05, 0.1) is 4.88 Å². The molecular weight excluding hydrogens is 184 g/mol. The summed E-state index contributed by atoms with van der Waals surface area (Å²) >= 11 is 1.44. The van der Waals surface area contributed by atoms with Crippen molar-refractivity contribution in [1.82, 2.24) is 0 Å². The van der Waals surface area contributed by atoms with Gasteiger partial charge in [-0.05, 0) is 25.1 Å². The average molecular weight is 194 g/mol. The Labute approximate surface area is 80.9 Å². The molecule has 0 aromatic carbocycles. The molecule has 68 valence electrons. The zero-order valence-electron chi connectivity index (χ0n) is 7.32. The van der Waals surface area contributed by atoms with Crippen molar-refractivity contribution in [3.63, 3.8) is 0 Å². The van der Waals surface area contributed by atoms with E-state index in [9.17, 15) is 9.59 Å². The van der Waals surface area contributed by atoms with E-state index in [0.717, 1.165) is 16.0 Å². The van der Waals surface area contributed by atoms with Gasteiger partial charge in [-0.2, -0.15) is 0 Å². The normalized spacial score (nSPS) is 10.5. The molecule has 0 saturated heterocycles. The number of thiophene rings is 1. The summed E-state index contributed by atoms with van der Waals surface area (Å²) in [5.41, 5.74) is 0. The third kappa shape index (κ3) is 2.95. The minimum absolute atomic E-state index is 0.0834. The molecule has 0 aliphatic rings. The van der Waals surface area contributed by atoms with Crippen LogP contribution in [0.5, 0.6) is 0 Å². The Morgan fingerprint density at radius 1 is 1.54 bits per heavy atom. The predicted molar refractivity (Wildman–Crippen MR) is 54.0 cm³/mol. The standard InChI is InChI=1S/C10H10O2S/c1-8(12)10-6-5-9(13-10)4-2-3-7-11/h2,4-7H,3H2,1H3. The number of aldehydes is 1. The number of ketones is 1. The van der Waals surface area contributed by atoms with Crippen molar-refractivity contribution in [3.8, 4) is 0 Å². The van der Waals surface area contributed by atoms with Crippen molar-refractivity contribution >= 4 is 29.5 Å². The van der Waals surface area contributed by atoms with E-state index in [1.807, 2.05) is 12.1 Å². The second kappa shape index (κ2) is 4.72. The third-order valence-corrected chi connectivity index (χ3v) is 2.64. The zero-order valence-corrected chi connectivity index (χ0v) is 8.14. The molecule has 0 aliphatic carbocycles. The number of hydrogen-bond acceptors (Lipinski definition) is 3. The first-order valence-electron chi connectivity index (χ1n) is 3.95. The number of allylic oxidation sites excluding steroid dienone is 1. The van der Waals surface area contributed by atoms with Crippen LogP contribution in [0.3, 0.4) is 0 Å². The van der Waals surface area contributed by atoms with E-state index in [-0.39, 0.29) is 5.78 Å². The monoisotopic (exact) mass is 194 g/mol. The largest absolute Gasteiger partial charge is 0.303 e. The molecule has 2 nitrogen and oxygen atoms in total. The zero-order chi connectivity index (χ0) is 9.68. The Hall–Kier alpha value is -1.22. The van der Waals surface area contributed by atoms with Gasteiger partial charge >= 0.3 is 0 Å². The molecule has 0 aliphatic heterocycles. The van der Waals surface area contributed by atoms with Crippen LogP contribution in [0.2, 0.25) is 0 Å². The minimum Gasteiger partial charge on any atom is -0.303 e. The molecule has 0 atom stereocenters. The number of rotatable bonds is 4. The van der Waals surface area contributed by atoms with Crippen molar-refractivity contribution in [2.75, 3.05) is 0 Å². The van der Waals surface area contributed by atoms with E-state index >= 15 is 0 Å².